The zero-order chi connectivity index (χ0) is 32.1. The molecular weight excluding hydrogens is 577 g/mol. The van der Waals surface area contributed by atoms with E-state index in [1.54, 1.807) is 56.1 Å². The molecular formula is C32H33F3N4O5. The Bertz CT molecular complexity index is 1540. The predicted octanol–water partition coefficient (Wildman–Crippen LogP) is 5.58. The zero-order valence-electron chi connectivity index (χ0n) is 24.6. The Kier molecular flexibility index (Phi) is 9.71. The second kappa shape index (κ2) is 13.3. The van der Waals surface area contributed by atoms with E-state index in [9.17, 15) is 32.3 Å². The second-order valence-electron chi connectivity index (χ2n) is 11.4. The lowest BCUT2D eigenvalue weighted by Gasteiger charge is -2.37. The van der Waals surface area contributed by atoms with Gasteiger partial charge in [-0.05, 0) is 81.1 Å². The van der Waals surface area contributed by atoms with Crippen molar-refractivity contribution in [2.75, 3.05) is 36.4 Å². The van der Waals surface area contributed by atoms with Crippen LogP contribution >= 0.6 is 0 Å². The topological polar surface area (TPSA) is 109 Å². The number of carbonyl (C=O) groups is 4. The summed E-state index contributed by atoms with van der Waals surface area (Å²) in [6, 6.07) is 11.9. The Hall–Kier alpha value is -4.74. The van der Waals surface area contributed by atoms with Crippen LogP contribution in [0.5, 0.6) is 0 Å². The molecule has 44 heavy (non-hydrogen) atoms. The van der Waals surface area contributed by atoms with E-state index in [1.165, 1.54) is 23.2 Å². The van der Waals surface area contributed by atoms with E-state index in [0.29, 0.717) is 12.8 Å². The molecule has 1 aliphatic heterocycles. The lowest BCUT2D eigenvalue weighted by Crippen LogP contribution is -2.50. The van der Waals surface area contributed by atoms with Gasteiger partial charge in [0.2, 0.25) is 5.78 Å². The molecule has 0 radical (unpaired) electrons. The number of hydrogen-bond acceptors (Lipinski definition) is 7. The van der Waals surface area contributed by atoms with E-state index in [0.717, 1.165) is 17.2 Å². The first-order chi connectivity index (χ1) is 20.7. The number of aromatic nitrogens is 1. The number of aryl methyl sites for hydroxylation is 2. The molecule has 1 aliphatic rings. The lowest BCUT2D eigenvalue weighted by molar-refractivity contribution is -0.137. The summed E-state index contributed by atoms with van der Waals surface area (Å²) in [6.45, 7) is 6.03. The van der Waals surface area contributed by atoms with Gasteiger partial charge in [-0.2, -0.15) is 13.2 Å². The standard InChI is InChI=1S/C32H33F3N4O5/c1-31(2,3)44-30(43)39-13-11-38(12-14-39)27-10-9-25(17-26(27)32(33,34)35)37-29(42)23-6-4-5-21(15-23)7-8-22-16-24(19-36-18-22)28(41)20-40/h4-6,9-10,15-20H,7-8,11-14H2,1-3H3,(H,37,42). The lowest BCUT2D eigenvalue weighted by atomic mass is 10.0. The summed E-state index contributed by atoms with van der Waals surface area (Å²) in [5.74, 6) is -1.24. The molecule has 2 heterocycles. The first-order valence-electron chi connectivity index (χ1n) is 14.0. The molecule has 9 nitrogen and oxygen atoms in total. The van der Waals surface area contributed by atoms with Gasteiger partial charge in [0.1, 0.15) is 5.60 Å². The largest absolute Gasteiger partial charge is 0.444 e. The van der Waals surface area contributed by atoms with Crippen LogP contribution in [0.2, 0.25) is 0 Å². The molecule has 1 aromatic heterocycles. The van der Waals surface area contributed by atoms with E-state index in [1.807, 2.05) is 6.07 Å². The normalized spacial score (nSPS) is 13.8. The fourth-order valence-electron chi connectivity index (χ4n) is 4.76. The van der Waals surface area contributed by atoms with Crippen LogP contribution < -0.4 is 10.2 Å². The van der Waals surface area contributed by atoms with E-state index < -0.39 is 35.1 Å². The number of amides is 2. The van der Waals surface area contributed by atoms with Crippen molar-refractivity contribution in [2.45, 2.75) is 45.4 Å². The van der Waals surface area contributed by atoms with Gasteiger partial charge in [-0.15, -0.1) is 0 Å². The van der Waals surface area contributed by atoms with Crippen molar-refractivity contribution in [2.24, 2.45) is 0 Å². The number of piperazine rings is 1. The Morgan fingerprint density at radius 2 is 1.59 bits per heavy atom. The monoisotopic (exact) mass is 610 g/mol. The minimum Gasteiger partial charge on any atom is -0.444 e. The summed E-state index contributed by atoms with van der Waals surface area (Å²) in [5.41, 5.74) is 0.379. The summed E-state index contributed by atoms with van der Waals surface area (Å²) < 4.78 is 47.8. The van der Waals surface area contributed by atoms with Gasteiger partial charge in [0.15, 0.2) is 6.29 Å². The van der Waals surface area contributed by atoms with Gasteiger partial charge in [-0.3, -0.25) is 19.4 Å². The number of carbonyl (C=O) groups excluding carboxylic acids is 4. The molecule has 12 heteroatoms. The van der Waals surface area contributed by atoms with Crippen LogP contribution in [0.3, 0.4) is 0 Å². The maximum Gasteiger partial charge on any atom is 0.418 e. The van der Waals surface area contributed by atoms with Crippen LogP contribution in [0.1, 0.15) is 58.2 Å². The molecule has 2 aromatic carbocycles. The van der Waals surface area contributed by atoms with Crippen molar-refractivity contribution >= 4 is 35.4 Å². The van der Waals surface area contributed by atoms with E-state index in [-0.39, 0.29) is 55.0 Å². The third kappa shape index (κ3) is 8.42. The average Bonchev–Trinajstić information content (AvgIpc) is 2.98. The highest BCUT2D eigenvalue weighted by molar-refractivity contribution is 6.33. The molecule has 0 unspecified atom stereocenters. The van der Waals surface area contributed by atoms with Crippen LogP contribution in [-0.4, -0.2) is 65.7 Å². The number of aldehydes is 1. The molecule has 1 fully saturated rings. The summed E-state index contributed by atoms with van der Waals surface area (Å²) >= 11 is 0. The van der Waals surface area contributed by atoms with Crippen molar-refractivity contribution < 1.29 is 37.1 Å². The van der Waals surface area contributed by atoms with Crippen LogP contribution in [0.25, 0.3) is 0 Å². The minimum absolute atomic E-state index is 0.00777. The molecule has 4 rings (SSSR count). The number of ether oxygens (including phenoxy) is 1. The van der Waals surface area contributed by atoms with Gasteiger partial charge >= 0.3 is 12.3 Å². The molecule has 0 bridgehead atoms. The number of anilines is 2. The first-order valence-corrected chi connectivity index (χ1v) is 14.0. The third-order valence-corrected chi connectivity index (χ3v) is 6.91. The molecule has 1 N–H and O–H groups in total. The number of benzene rings is 2. The van der Waals surface area contributed by atoms with Crippen molar-refractivity contribution in [3.8, 4) is 0 Å². The van der Waals surface area contributed by atoms with Crippen LogP contribution in [-0.2, 0) is 28.5 Å². The van der Waals surface area contributed by atoms with Crippen molar-refractivity contribution in [1.82, 2.24) is 9.88 Å². The molecule has 3 aromatic rings. The number of pyridine rings is 1. The Labute approximate surface area is 253 Å². The highest BCUT2D eigenvalue weighted by Crippen LogP contribution is 2.39. The van der Waals surface area contributed by atoms with Gasteiger partial charge in [0, 0.05) is 61.1 Å². The quantitative estimate of drug-likeness (QED) is 0.202. The molecule has 1 saturated heterocycles. The number of alkyl halides is 3. The minimum atomic E-state index is -4.68. The number of rotatable bonds is 8. The summed E-state index contributed by atoms with van der Waals surface area (Å²) in [5, 5.41) is 2.56. The highest BCUT2D eigenvalue weighted by Gasteiger charge is 2.36. The maximum atomic E-state index is 14.1. The van der Waals surface area contributed by atoms with Gasteiger partial charge in [-0.1, -0.05) is 12.1 Å². The maximum absolute atomic E-state index is 14.1. The fourth-order valence-corrected chi connectivity index (χ4v) is 4.76. The Morgan fingerprint density at radius 1 is 0.909 bits per heavy atom. The predicted molar refractivity (Wildman–Crippen MR) is 158 cm³/mol. The van der Waals surface area contributed by atoms with Crippen LogP contribution in [0, 0.1) is 0 Å². The van der Waals surface area contributed by atoms with Gasteiger partial charge in [0.05, 0.1) is 5.56 Å². The third-order valence-electron chi connectivity index (χ3n) is 6.91. The molecule has 2 amide bonds. The fraction of sp³-hybridized carbons (Fsp3) is 0.344. The molecule has 0 atom stereocenters. The van der Waals surface area contributed by atoms with Gasteiger partial charge in [0.25, 0.3) is 5.91 Å². The van der Waals surface area contributed by atoms with Crippen molar-refractivity contribution in [3.63, 3.8) is 0 Å². The number of hydrogen-bond donors (Lipinski definition) is 1. The number of nitrogens with zero attached hydrogens (tertiary/aromatic N) is 3. The Morgan fingerprint density at radius 3 is 2.25 bits per heavy atom. The molecule has 0 spiro atoms. The van der Waals surface area contributed by atoms with Crippen molar-refractivity contribution in [1.29, 1.82) is 0 Å². The van der Waals surface area contributed by atoms with E-state index in [2.05, 4.69) is 10.3 Å². The number of halogens is 3. The summed E-state index contributed by atoms with van der Waals surface area (Å²) in [7, 11) is 0. The number of nitrogens with one attached hydrogen (secondary N) is 1. The number of ketones is 1. The molecule has 232 valence electrons. The van der Waals surface area contributed by atoms with Crippen LogP contribution in [0.15, 0.2) is 60.9 Å². The van der Waals surface area contributed by atoms with E-state index in [4.69, 9.17) is 4.74 Å². The molecule has 0 aliphatic carbocycles. The summed E-state index contributed by atoms with van der Waals surface area (Å²) in [6.07, 6.45) is -1.08. The number of Topliss-reactive ketones (excluding diaryl/α,β-unsaturated/α-hetero) is 1. The van der Waals surface area contributed by atoms with Crippen LogP contribution in [0.4, 0.5) is 29.3 Å². The first kappa shape index (κ1) is 32.2. The molecule has 0 saturated carbocycles. The van der Waals surface area contributed by atoms with Gasteiger partial charge in [-0.25, -0.2) is 4.79 Å². The summed E-state index contributed by atoms with van der Waals surface area (Å²) in [4.78, 5) is 54.8. The second-order valence-corrected chi connectivity index (χ2v) is 11.4. The van der Waals surface area contributed by atoms with Gasteiger partial charge < -0.3 is 19.9 Å². The van der Waals surface area contributed by atoms with Crippen molar-refractivity contribution in [3.05, 3.63) is 88.7 Å². The zero-order valence-corrected chi connectivity index (χ0v) is 24.6. The SMILES string of the molecule is CC(C)(C)OC(=O)N1CCN(c2ccc(NC(=O)c3cccc(CCc4cncc(C(=O)C=O)c4)c3)cc2C(F)(F)F)CC1. The average molecular weight is 611 g/mol. The smallest absolute Gasteiger partial charge is 0.418 e. The van der Waals surface area contributed by atoms with E-state index >= 15 is 0 Å². The Balaban J connectivity index is 1.43. The highest BCUT2D eigenvalue weighted by atomic mass is 19.4.